The molecule has 0 saturated heterocycles. The van der Waals surface area contributed by atoms with E-state index in [1.807, 2.05) is 24.3 Å². The molecule has 1 amide bonds. The molecule has 3 aromatic rings. The number of pyridine rings is 1. The highest BCUT2D eigenvalue weighted by molar-refractivity contribution is 6.34. The molecule has 1 aromatic heterocycles. The summed E-state index contributed by atoms with van der Waals surface area (Å²) < 4.78 is 10.2. The zero-order valence-corrected chi connectivity index (χ0v) is 15.3. The molecule has 1 heterocycles. The Hall–Kier alpha value is -3.12. The smallest absolute Gasteiger partial charge is 0.344 e. The Morgan fingerprint density at radius 1 is 1.11 bits per heavy atom. The van der Waals surface area contributed by atoms with Crippen molar-refractivity contribution >= 4 is 39.9 Å². The molecule has 3 rings (SSSR count). The summed E-state index contributed by atoms with van der Waals surface area (Å²) in [4.78, 5) is 28.1. The molecule has 0 aliphatic rings. The molecule has 138 valence electrons. The van der Waals surface area contributed by atoms with Crippen molar-refractivity contribution in [2.75, 3.05) is 18.5 Å². The number of fused-ring (bicyclic) bond motifs is 1. The SMILES string of the molecule is CCOC(=O)COc1cccc(NC(=O)c2cc3ccccc3c(Cl)n2)c1. The molecule has 0 aliphatic heterocycles. The second-order valence-electron chi connectivity index (χ2n) is 5.60. The van der Waals surface area contributed by atoms with Gasteiger partial charge in [0, 0.05) is 17.1 Å². The van der Waals surface area contributed by atoms with Crippen LogP contribution in [0.1, 0.15) is 17.4 Å². The Morgan fingerprint density at radius 3 is 2.74 bits per heavy atom. The number of aromatic nitrogens is 1. The van der Waals surface area contributed by atoms with Crippen molar-refractivity contribution < 1.29 is 19.1 Å². The average Bonchev–Trinajstić information content (AvgIpc) is 2.67. The highest BCUT2D eigenvalue weighted by Gasteiger charge is 2.12. The number of halogens is 1. The van der Waals surface area contributed by atoms with Crippen LogP contribution in [0.5, 0.6) is 5.75 Å². The number of esters is 1. The van der Waals surface area contributed by atoms with Gasteiger partial charge in [0.1, 0.15) is 16.6 Å². The molecule has 7 heteroatoms. The molecule has 0 radical (unpaired) electrons. The fourth-order valence-electron chi connectivity index (χ4n) is 2.48. The minimum absolute atomic E-state index is 0.201. The van der Waals surface area contributed by atoms with Crippen LogP contribution in [0.15, 0.2) is 54.6 Å². The fourth-order valence-corrected chi connectivity index (χ4v) is 2.74. The van der Waals surface area contributed by atoms with Crippen molar-refractivity contribution in [1.82, 2.24) is 4.98 Å². The van der Waals surface area contributed by atoms with Crippen LogP contribution < -0.4 is 10.1 Å². The topological polar surface area (TPSA) is 77.5 Å². The first-order valence-electron chi connectivity index (χ1n) is 8.32. The number of benzene rings is 2. The van der Waals surface area contributed by atoms with Gasteiger partial charge in [-0.3, -0.25) is 4.79 Å². The van der Waals surface area contributed by atoms with Crippen molar-refractivity contribution in [3.05, 3.63) is 65.4 Å². The molecular formula is C20H17ClN2O4. The molecule has 0 spiro atoms. The molecular weight excluding hydrogens is 368 g/mol. The number of ether oxygens (including phenoxy) is 2. The van der Waals surface area contributed by atoms with E-state index in [0.29, 0.717) is 18.0 Å². The summed E-state index contributed by atoms with van der Waals surface area (Å²) >= 11 is 6.18. The van der Waals surface area contributed by atoms with Gasteiger partial charge in [0.15, 0.2) is 6.61 Å². The lowest BCUT2D eigenvalue weighted by Crippen LogP contribution is -2.15. The van der Waals surface area contributed by atoms with Crippen LogP contribution in [0.4, 0.5) is 5.69 Å². The van der Waals surface area contributed by atoms with Gasteiger partial charge in [-0.15, -0.1) is 0 Å². The third-order valence-electron chi connectivity index (χ3n) is 3.68. The van der Waals surface area contributed by atoms with Crippen LogP contribution in [0.3, 0.4) is 0 Å². The van der Waals surface area contributed by atoms with Gasteiger partial charge in [0.25, 0.3) is 5.91 Å². The van der Waals surface area contributed by atoms with Gasteiger partial charge in [-0.2, -0.15) is 0 Å². The first-order chi connectivity index (χ1) is 13.1. The number of anilines is 1. The van der Waals surface area contributed by atoms with E-state index in [0.717, 1.165) is 10.8 Å². The monoisotopic (exact) mass is 384 g/mol. The second-order valence-corrected chi connectivity index (χ2v) is 5.95. The third kappa shape index (κ3) is 4.74. The van der Waals surface area contributed by atoms with E-state index in [1.54, 1.807) is 37.3 Å². The van der Waals surface area contributed by atoms with Crippen LogP contribution >= 0.6 is 11.6 Å². The van der Waals surface area contributed by atoms with Crippen LogP contribution in [-0.4, -0.2) is 30.1 Å². The Bertz CT molecular complexity index is 991. The van der Waals surface area contributed by atoms with Gasteiger partial charge in [-0.1, -0.05) is 41.9 Å². The van der Waals surface area contributed by atoms with Crippen molar-refractivity contribution in [2.24, 2.45) is 0 Å². The van der Waals surface area contributed by atoms with E-state index in [4.69, 9.17) is 21.1 Å². The number of amides is 1. The molecule has 0 unspecified atom stereocenters. The molecule has 0 saturated carbocycles. The summed E-state index contributed by atoms with van der Waals surface area (Å²) in [6, 6.07) is 15.8. The maximum absolute atomic E-state index is 12.5. The molecule has 1 N–H and O–H groups in total. The van der Waals surface area contributed by atoms with Gasteiger partial charge >= 0.3 is 5.97 Å². The van der Waals surface area contributed by atoms with E-state index in [9.17, 15) is 9.59 Å². The van der Waals surface area contributed by atoms with Crippen LogP contribution in [0.25, 0.3) is 10.8 Å². The zero-order chi connectivity index (χ0) is 19.2. The summed E-state index contributed by atoms with van der Waals surface area (Å²) in [5, 5.41) is 4.63. The quantitative estimate of drug-likeness (QED) is 0.511. The lowest BCUT2D eigenvalue weighted by molar-refractivity contribution is -0.145. The maximum atomic E-state index is 12.5. The Balaban J connectivity index is 1.72. The van der Waals surface area contributed by atoms with E-state index in [2.05, 4.69) is 10.3 Å². The Labute approximate surface area is 161 Å². The van der Waals surface area contributed by atoms with E-state index >= 15 is 0 Å². The normalized spacial score (nSPS) is 10.4. The number of nitrogens with one attached hydrogen (secondary N) is 1. The molecule has 0 fully saturated rings. The lowest BCUT2D eigenvalue weighted by Gasteiger charge is -2.09. The summed E-state index contributed by atoms with van der Waals surface area (Å²) in [6.45, 7) is 1.81. The minimum Gasteiger partial charge on any atom is -0.482 e. The third-order valence-corrected chi connectivity index (χ3v) is 3.97. The van der Waals surface area contributed by atoms with Crippen molar-refractivity contribution in [3.63, 3.8) is 0 Å². The van der Waals surface area contributed by atoms with Gasteiger partial charge in [-0.25, -0.2) is 9.78 Å². The standard InChI is InChI=1S/C20H17ClN2O4/c1-2-26-18(24)12-27-15-8-5-7-14(11-15)22-20(25)17-10-13-6-3-4-9-16(13)19(21)23-17/h3-11H,2,12H2,1H3,(H,22,25). The van der Waals surface area contributed by atoms with Gasteiger partial charge in [0.2, 0.25) is 0 Å². The maximum Gasteiger partial charge on any atom is 0.344 e. The van der Waals surface area contributed by atoms with Crippen LogP contribution in [-0.2, 0) is 9.53 Å². The molecule has 2 aromatic carbocycles. The summed E-state index contributed by atoms with van der Waals surface area (Å²) in [6.07, 6.45) is 0. The summed E-state index contributed by atoms with van der Waals surface area (Å²) in [7, 11) is 0. The van der Waals surface area contributed by atoms with Crippen LogP contribution in [0, 0.1) is 0 Å². The van der Waals surface area contributed by atoms with Crippen molar-refractivity contribution in [2.45, 2.75) is 6.92 Å². The van der Waals surface area contributed by atoms with E-state index in [1.165, 1.54) is 0 Å². The molecule has 6 nitrogen and oxygen atoms in total. The number of rotatable bonds is 6. The van der Waals surface area contributed by atoms with E-state index in [-0.39, 0.29) is 17.5 Å². The Kier molecular flexibility index (Phi) is 5.88. The molecule has 0 atom stereocenters. The zero-order valence-electron chi connectivity index (χ0n) is 14.6. The second kappa shape index (κ2) is 8.51. The van der Waals surface area contributed by atoms with Crippen molar-refractivity contribution in [3.8, 4) is 5.75 Å². The average molecular weight is 385 g/mol. The summed E-state index contributed by atoms with van der Waals surface area (Å²) in [5.41, 5.74) is 0.712. The van der Waals surface area contributed by atoms with Gasteiger partial charge < -0.3 is 14.8 Å². The first-order valence-corrected chi connectivity index (χ1v) is 8.69. The highest BCUT2D eigenvalue weighted by Crippen LogP contribution is 2.23. The summed E-state index contributed by atoms with van der Waals surface area (Å²) in [5.74, 6) is -0.419. The lowest BCUT2D eigenvalue weighted by atomic mass is 10.1. The molecule has 27 heavy (non-hydrogen) atoms. The largest absolute Gasteiger partial charge is 0.482 e. The van der Waals surface area contributed by atoms with Crippen LogP contribution in [0.2, 0.25) is 5.15 Å². The number of hydrogen-bond acceptors (Lipinski definition) is 5. The van der Waals surface area contributed by atoms with Gasteiger partial charge in [-0.05, 0) is 30.5 Å². The highest BCUT2D eigenvalue weighted by atomic mass is 35.5. The fraction of sp³-hybridized carbons (Fsp3) is 0.150. The number of carbonyl (C=O) groups excluding carboxylic acids is 2. The predicted octanol–water partition coefficient (Wildman–Crippen LogP) is 4.08. The number of nitrogens with zero attached hydrogens (tertiary/aromatic N) is 1. The number of carbonyl (C=O) groups is 2. The molecule has 0 aliphatic carbocycles. The minimum atomic E-state index is -0.457. The van der Waals surface area contributed by atoms with Gasteiger partial charge in [0.05, 0.1) is 6.61 Å². The van der Waals surface area contributed by atoms with Crippen molar-refractivity contribution in [1.29, 1.82) is 0 Å². The van der Waals surface area contributed by atoms with E-state index < -0.39 is 11.9 Å². The predicted molar refractivity (Wildman–Crippen MR) is 103 cm³/mol. The number of hydrogen-bond donors (Lipinski definition) is 1. The first kappa shape index (κ1) is 18.7. The molecule has 0 bridgehead atoms. The Morgan fingerprint density at radius 2 is 1.93 bits per heavy atom.